The first-order valence-electron chi connectivity index (χ1n) is 6.66. The number of fused-ring (bicyclic) bond motifs is 1. The second-order valence-corrected chi connectivity index (χ2v) is 4.57. The van der Waals surface area contributed by atoms with Gasteiger partial charge in [0, 0.05) is 6.54 Å². The van der Waals surface area contributed by atoms with Crippen LogP contribution in [0.15, 0.2) is 24.3 Å². The van der Waals surface area contributed by atoms with Crippen LogP contribution in [0.1, 0.15) is 19.8 Å². The largest absolute Gasteiger partial charge is 0.491 e. The molecule has 1 heterocycles. The van der Waals surface area contributed by atoms with Crippen LogP contribution in [0.25, 0.3) is 0 Å². The van der Waals surface area contributed by atoms with E-state index >= 15 is 0 Å². The fourth-order valence-electron chi connectivity index (χ4n) is 2.10. The molecule has 0 fully saturated rings. The van der Waals surface area contributed by atoms with Crippen LogP contribution in [0.3, 0.4) is 0 Å². The first-order valence-corrected chi connectivity index (χ1v) is 6.66. The number of urea groups is 1. The molecule has 6 nitrogen and oxygen atoms in total. The molecule has 2 rings (SSSR count). The third-order valence-electron chi connectivity index (χ3n) is 3.19. The molecule has 0 saturated heterocycles. The van der Waals surface area contributed by atoms with Gasteiger partial charge >= 0.3 is 12.0 Å². The first-order chi connectivity index (χ1) is 9.63. The predicted molar refractivity (Wildman–Crippen MR) is 74.1 cm³/mol. The molecule has 0 aromatic heterocycles. The van der Waals surface area contributed by atoms with Crippen molar-refractivity contribution >= 4 is 17.7 Å². The second kappa shape index (κ2) is 6.27. The van der Waals surface area contributed by atoms with Gasteiger partial charge in [0.1, 0.15) is 11.8 Å². The molecule has 2 N–H and O–H groups in total. The van der Waals surface area contributed by atoms with Gasteiger partial charge in [-0.15, -0.1) is 0 Å². The number of carboxylic acids is 1. The minimum Gasteiger partial charge on any atom is -0.491 e. The van der Waals surface area contributed by atoms with Crippen LogP contribution in [0.4, 0.5) is 10.5 Å². The predicted octanol–water partition coefficient (Wildman–Crippen LogP) is 1.85. The summed E-state index contributed by atoms with van der Waals surface area (Å²) in [4.78, 5) is 24.8. The molecular weight excluding hydrogens is 260 g/mol. The SMILES string of the molecule is CC[C@H](NC(=O)N1CCCOc2ccccc21)C(=O)O. The number of anilines is 1. The highest BCUT2D eigenvalue weighted by molar-refractivity contribution is 5.95. The van der Waals surface area contributed by atoms with Crippen molar-refractivity contribution in [2.24, 2.45) is 0 Å². The van der Waals surface area contributed by atoms with Crippen molar-refractivity contribution in [2.75, 3.05) is 18.1 Å². The summed E-state index contributed by atoms with van der Waals surface area (Å²) in [7, 11) is 0. The lowest BCUT2D eigenvalue weighted by atomic mass is 10.2. The summed E-state index contributed by atoms with van der Waals surface area (Å²) in [5.41, 5.74) is 0.669. The molecule has 1 aliphatic heterocycles. The zero-order valence-electron chi connectivity index (χ0n) is 11.3. The van der Waals surface area contributed by atoms with Gasteiger partial charge in [0.25, 0.3) is 0 Å². The number of carbonyl (C=O) groups is 2. The average molecular weight is 278 g/mol. The third-order valence-corrected chi connectivity index (χ3v) is 3.19. The van der Waals surface area contributed by atoms with Gasteiger partial charge in [-0.25, -0.2) is 9.59 Å². The van der Waals surface area contributed by atoms with Crippen LogP contribution in [-0.2, 0) is 4.79 Å². The molecule has 6 heteroatoms. The molecule has 1 atom stereocenters. The molecule has 0 saturated carbocycles. The molecule has 1 aromatic rings. The third kappa shape index (κ3) is 3.01. The number of hydrogen-bond donors (Lipinski definition) is 2. The number of nitrogens with zero attached hydrogens (tertiary/aromatic N) is 1. The van der Waals surface area contributed by atoms with Crippen molar-refractivity contribution in [1.82, 2.24) is 5.32 Å². The van der Waals surface area contributed by atoms with Crippen LogP contribution in [0.5, 0.6) is 5.75 Å². The molecule has 0 spiro atoms. The van der Waals surface area contributed by atoms with E-state index in [0.29, 0.717) is 37.4 Å². The Morgan fingerprint density at radius 2 is 2.20 bits per heavy atom. The Morgan fingerprint density at radius 1 is 1.45 bits per heavy atom. The molecule has 0 bridgehead atoms. The Morgan fingerprint density at radius 3 is 2.90 bits per heavy atom. The van der Waals surface area contributed by atoms with Crippen molar-refractivity contribution in [3.05, 3.63) is 24.3 Å². The molecule has 0 unspecified atom stereocenters. The Bertz CT molecular complexity index is 504. The molecule has 20 heavy (non-hydrogen) atoms. The highest BCUT2D eigenvalue weighted by atomic mass is 16.5. The van der Waals surface area contributed by atoms with Crippen molar-refractivity contribution in [3.8, 4) is 5.75 Å². The van der Waals surface area contributed by atoms with Crippen LogP contribution >= 0.6 is 0 Å². The van der Waals surface area contributed by atoms with E-state index < -0.39 is 18.0 Å². The number of nitrogens with one attached hydrogen (secondary N) is 1. The Balaban J connectivity index is 2.19. The number of hydrogen-bond acceptors (Lipinski definition) is 3. The average Bonchev–Trinajstić information content (AvgIpc) is 2.66. The summed E-state index contributed by atoms with van der Waals surface area (Å²) in [5, 5.41) is 11.5. The van der Waals surface area contributed by atoms with E-state index in [-0.39, 0.29) is 0 Å². The molecule has 108 valence electrons. The van der Waals surface area contributed by atoms with E-state index in [2.05, 4.69) is 5.32 Å². The summed E-state index contributed by atoms with van der Waals surface area (Å²) in [6.45, 7) is 2.76. The van der Waals surface area contributed by atoms with E-state index in [1.54, 1.807) is 19.1 Å². The van der Waals surface area contributed by atoms with Crippen molar-refractivity contribution in [3.63, 3.8) is 0 Å². The van der Waals surface area contributed by atoms with Crippen LogP contribution in [-0.4, -0.2) is 36.3 Å². The van der Waals surface area contributed by atoms with Gasteiger partial charge < -0.3 is 15.2 Å². The summed E-state index contributed by atoms with van der Waals surface area (Å²) >= 11 is 0. The zero-order valence-corrected chi connectivity index (χ0v) is 11.3. The maximum absolute atomic E-state index is 12.3. The van der Waals surface area contributed by atoms with Crippen molar-refractivity contribution in [1.29, 1.82) is 0 Å². The van der Waals surface area contributed by atoms with Gasteiger partial charge in [0.2, 0.25) is 0 Å². The van der Waals surface area contributed by atoms with Gasteiger partial charge in [-0.05, 0) is 25.0 Å². The van der Waals surface area contributed by atoms with Crippen molar-refractivity contribution < 1.29 is 19.4 Å². The standard InChI is InChI=1S/C14H18N2O4/c1-2-10(13(17)18)15-14(19)16-8-5-9-20-12-7-4-3-6-11(12)16/h3-4,6-7,10H,2,5,8-9H2,1H3,(H,15,19)(H,17,18)/t10-/m0/s1. The highest BCUT2D eigenvalue weighted by Crippen LogP contribution is 2.30. The molecule has 0 aliphatic carbocycles. The minimum atomic E-state index is -1.03. The van der Waals surface area contributed by atoms with E-state index in [9.17, 15) is 9.59 Å². The number of carboxylic acid groups (broad SMARTS) is 1. The smallest absolute Gasteiger partial charge is 0.326 e. The summed E-state index contributed by atoms with van der Waals surface area (Å²) < 4.78 is 5.57. The molecule has 1 aromatic carbocycles. The zero-order chi connectivity index (χ0) is 14.5. The van der Waals surface area contributed by atoms with E-state index in [0.717, 1.165) is 0 Å². The Hall–Kier alpha value is -2.24. The van der Waals surface area contributed by atoms with Crippen LogP contribution < -0.4 is 15.0 Å². The minimum absolute atomic E-state index is 0.340. The van der Waals surface area contributed by atoms with Gasteiger partial charge in [-0.2, -0.15) is 0 Å². The van der Waals surface area contributed by atoms with E-state index in [1.165, 1.54) is 4.90 Å². The lowest BCUT2D eigenvalue weighted by Crippen LogP contribution is -2.48. The number of carbonyl (C=O) groups excluding carboxylic acids is 1. The maximum atomic E-state index is 12.3. The number of rotatable bonds is 3. The number of para-hydroxylation sites is 2. The normalized spacial score (nSPS) is 15.6. The Kier molecular flexibility index (Phi) is 4.45. The van der Waals surface area contributed by atoms with E-state index in [1.807, 2.05) is 12.1 Å². The number of amides is 2. The summed E-state index contributed by atoms with van der Waals surface area (Å²) in [6.07, 6.45) is 1.04. The number of aliphatic carboxylic acids is 1. The molecule has 2 amide bonds. The fourth-order valence-corrected chi connectivity index (χ4v) is 2.10. The van der Waals surface area contributed by atoms with Gasteiger partial charge in [-0.3, -0.25) is 4.90 Å². The van der Waals surface area contributed by atoms with E-state index in [4.69, 9.17) is 9.84 Å². The lowest BCUT2D eigenvalue weighted by molar-refractivity contribution is -0.139. The van der Waals surface area contributed by atoms with Gasteiger partial charge in [0.05, 0.1) is 12.3 Å². The fraction of sp³-hybridized carbons (Fsp3) is 0.429. The summed E-state index contributed by atoms with van der Waals surface area (Å²) in [5.74, 6) is -0.385. The monoisotopic (exact) mass is 278 g/mol. The van der Waals surface area contributed by atoms with Crippen LogP contribution in [0, 0.1) is 0 Å². The molecule has 0 radical (unpaired) electrons. The number of ether oxygens (including phenoxy) is 1. The Labute approximate surface area is 117 Å². The first kappa shape index (κ1) is 14.2. The highest BCUT2D eigenvalue weighted by Gasteiger charge is 2.25. The number of benzene rings is 1. The van der Waals surface area contributed by atoms with Crippen LogP contribution in [0.2, 0.25) is 0 Å². The molecule has 1 aliphatic rings. The second-order valence-electron chi connectivity index (χ2n) is 4.57. The summed E-state index contributed by atoms with van der Waals surface area (Å²) in [6, 6.07) is 5.97. The quantitative estimate of drug-likeness (QED) is 0.884. The van der Waals surface area contributed by atoms with Gasteiger partial charge in [0.15, 0.2) is 0 Å². The molecular formula is C14H18N2O4. The van der Waals surface area contributed by atoms with Crippen molar-refractivity contribution in [2.45, 2.75) is 25.8 Å². The lowest BCUT2D eigenvalue weighted by Gasteiger charge is -2.24. The maximum Gasteiger partial charge on any atom is 0.326 e. The van der Waals surface area contributed by atoms with Gasteiger partial charge in [-0.1, -0.05) is 19.1 Å². The topological polar surface area (TPSA) is 78.9 Å².